The van der Waals surface area contributed by atoms with Crippen molar-refractivity contribution in [2.45, 2.75) is 57.2 Å². The number of halogens is 5. The van der Waals surface area contributed by atoms with Gasteiger partial charge >= 0.3 is 0 Å². The summed E-state index contributed by atoms with van der Waals surface area (Å²) < 4.78 is 80.9. The van der Waals surface area contributed by atoms with Gasteiger partial charge in [0.05, 0.1) is 18.7 Å². The van der Waals surface area contributed by atoms with E-state index in [0.29, 0.717) is 27.7 Å². The Balaban J connectivity index is 1.56. The van der Waals surface area contributed by atoms with Crippen molar-refractivity contribution < 1.29 is 31.8 Å². The number of aromatic amines is 1. The van der Waals surface area contributed by atoms with Gasteiger partial charge in [-0.3, -0.25) is 4.90 Å². The van der Waals surface area contributed by atoms with Crippen LogP contribution in [-0.4, -0.2) is 71.8 Å². The fourth-order valence-corrected chi connectivity index (χ4v) is 6.40. The Labute approximate surface area is 230 Å². The second-order valence-electron chi connectivity index (χ2n) is 11.3. The molecule has 3 atom stereocenters. The molecule has 40 heavy (non-hydrogen) atoms. The van der Waals surface area contributed by atoms with Gasteiger partial charge in [-0.25, -0.2) is 22.0 Å². The number of rotatable bonds is 10. The van der Waals surface area contributed by atoms with Crippen LogP contribution in [0.2, 0.25) is 0 Å². The fourth-order valence-electron chi connectivity index (χ4n) is 6.40. The van der Waals surface area contributed by atoms with Gasteiger partial charge in [-0.2, -0.15) is 0 Å². The Hall–Kier alpha value is -2.53. The van der Waals surface area contributed by atoms with Crippen LogP contribution in [0.4, 0.5) is 22.0 Å². The van der Waals surface area contributed by atoms with E-state index < -0.39 is 54.7 Å². The zero-order valence-corrected chi connectivity index (χ0v) is 23.0. The Morgan fingerprint density at radius 2 is 1.82 bits per heavy atom. The van der Waals surface area contributed by atoms with Crippen molar-refractivity contribution in [3.8, 4) is 0 Å². The molecule has 0 unspecified atom stereocenters. The van der Waals surface area contributed by atoms with Gasteiger partial charge in [0.15, 0.2) is 0 Å². The molecule has 0 amide bonds. The summed E-state index contributed by atoms with van der Waals surface area (Å²) in [5.41, 5.74) is 1.51. The molecular weight excluding hydrogens is 529 g/mol. The van der Waals surface area contributed by atoms with Crippen molar-refractivity contribution in [1.29, 1.82) is 0 Å². The molecule has 5 rings (SSSR count). The summed E-state index contributed by atoms with van der Waals surface area (Å²) >= 11 is 0. The Morgan fingerprint density at radius 1 is 1.12 bits per heavy atom. The minimum Gasteiger partial charge on any atom is -0.390 e. The largest absolute Gasteiger partial charge is 0.390 e. The second-order valence-corrected chi connectivity index (χ2v) is 11.3. The Morgan fingerprint density at radius 3 is 2.45 bits per heavy atom. The fraction of sp³-hybridized carbons (Fsp3) is 0.533. The molecule has 2 aliphatic rings. The van der Waals surface area contributed by atoms with E-state index in [9.17, 15) is 18.3 Å². The number of aliphatic hydroxyl groups is 1. The average molecular weight is 566 g/mol. The monoisotopic (exact) mass is 565 g/mol. The van der Waals surface area contributed by atoms with Crippen molar-refractivity contribution in [3.05, 3.63) is 70.2 Å². The van der Waals surface area contributed by atoms with E-state index in [1.807, 2.05) is 0 Å². The predicted octanol–water partition coefficient (Wildman–Crippen LogP) is 5.97. The van der Waals surface area contributed by atoms with Gasteiger partial charge < -0.3 is 19.7 Å². The highest BCUT2D eigenvalue weighted by molar-refractivity contribution is 5.85. The van der Waals surface area contributed by atoms with Crippen LogP contribution in [0.1, 0.15) is 61.2 Å². The third kappa shape index (κ3) is 5.38. The molecule has 1 saturated heterocycles. The minimum atomic E-state index is -3.50. The highest BCUT2D eigenvalue weighted by Gasteiger charge is 2.44. The molecule has 10 heteroatoms. The molecule has 1 aromatic heterocycles. The first-order valence-electron chi connectivity index (χ1n) is 13.8. The molecule has 3 heterocycles. The molecule has 1 fully saturated rings. The Kier molecular flexibility index (Phi) is 8.25. The van der Waals surface area contributed by atoms with Gasteiger partial charge in [-0.1, -0.05) is 13.3 Å². The van der Waals surface area contributed by atoms with Crippen molar-refractivity contribution in [1.82, 2.24) is 14.8 Å². The standard InChI is InChI=1S/C30H36F5N3O2/c1-4-5-8-37-13-19(14-37)29(40-3)18-10-23(32)26(24(33)11-18)28-27-22(21-12-20(31)6-7-25(21)36-27)9-17(2)38(28)15-30(34,35)16-39/h6-7,10-12,17,19,28-29,36,39H,4-5,8-9,13-16H2,1-3H3/t17-,28-,29+/m1/s1. The number of alkyl halides is 2. The maximum atomic E-state index is 16.0. The number of likely N-dealkylation sites (tertiary alicyclic amines) is 1. The van der Waals surface area contributed by atoms with E-state index >= 15 is 8.78 Å². The molecule has 3 aromatic rings. The number of hydrogen-bond acceptors (Lipinski definition) is 4. The summed E-state index contributed by atoms with van der Waals surface area (Å²) in [5.74, 6) is -5.62. The number of hydrogen-bond donors (Lipinski definition) is 2. The number of benzene rings is 2. The zero-order chi connectivity index (χ0) is 28.8. The van der Waals surface area contributed by atoms with Crippen molar-refractivity contribution >= 4 is 10.9 Å². The van der Waals surface area contributed by atoms with Crippen LogP contribution in [0.25, 0.3) is 10.9 Å². The molecule has 5 nitrogen and oxygen atoms in total. The number of unbranched alkanes of at least 4 members (excludes halogenated alkanes) is 1. The molecular formula is C30H36F5N3O2. The average Bonchev–Trinajstić information content (AvgIpc) is 3.23. The van der Waals surface area contributed by atoms with Crippen LogP contribution in [0.5, 0.6) is 0 Å². The topological polar surface area (TPSA) is 51.7 Å². The lowest BCUT2D eigenvalue weighted by Gasteiger charge is -2.43. The second kappa shape index (κ2) is 11.4. The van der Waals surface area contributed by atoms with E-state index in [4.69, 9.17) is 4.74 Å². The SMILES string of the molecule is CCCCN1CC([C@@H](OC)c2cc(F)c([C@@H]3c4[nH]c5ccc(F)cc5c4C[C@@H](C)N3CC(F)(F)CO)c(F)c2)C1. The lowest BCUT2D eigenvalue weighted by atomic mass is 9.85. The van der Waals surface area contributed by atoms with Gasteiger partial charge in [-0.05, 0) is 67.8 Å². The number of nitrogens with one attached hydrogen (secondary N) is 1. The molecule has 2 aromatic carbocycles. The lowest BCUT2D eigenvalue weighted by Crippen LogP contribution is -2.50. The zero-order valence-electron chi connectivity index (χ0n) is 23.0. The third-order valence-electron chi connectivity index (χ3n) is 8.42. The van der Waals surface area contributed by atoms with E-state index in [1.165, 1.54) is 42.3 Å². The first-order chi connectivity index (χ1) is 19.1. The summed E-state index contributed by atoms with van der Waals surface area (Å²) in [6.45, 7) is 4.01. The number of nitrogens with zero attached hydrogens (tertiary/aromatic N) is 2. The number of ether oxygens (including phenoxy) is 1. The summed E-state index contributed by atoms with van der Waals surface area (Å²) in [6.07, 6.45) is 1.92. The minimum absolute atomic E-state index is 0.0798. The molecule has 218 valence electrons. The van der Waals surface area contributed by atoms with Crippen LogP contribution >= 0.6 is 0 Å². The molecule has 0 saturated carbocycles. The van der Waals surface area contributed by atoms with Crippen LogP contribution in [0.15, 0.2) is 30.3 Å². The van der Waals surface area contributed by atoms with Crippen molar-refractivity contribution in [2.75, 3.05) is 39.9 Å². The van der Waals surface area contributed by atoms with Crippen molar-refractivity contribution in [3.63, 3.8) is 0 Å². The smallest absolute Gasteiger partial charge is 0.283 e. The normalized spacial score (nSPS) is 21.5. The summed E-state index contributed by atoms with van der Waals surface area (Å²) in [6, 6.07) is 4.80. The van der Waals surface area contributed by atoms with Crippen LogP contribution < -0.4 is 0 Å². The molecule has 2 aliphatic heterocycles. The number of methoxy groups -OCH3 is 1. The molecule has 2 N–H and O–H groups in total. The first-order valence-corrected chi connectivity index (χ1v) is 13.8. The summed E-state index contributed by atoms with van der Waals surface area (Å²) in [7, 11) is 1.51. The van der Waals surface area contributed by atoms with Gasteiger partial charge in [0.1, 0.15) is 24.1 Å². The highest BCUT2D eigenvalue weighted by atomic mass is 19.3. The predicted molar refractivity (Wildman–Crippen MR) is 143 cm³/mol. The van der Waals surface area contributed by atoms with Gasteiger partial charge in [0.25, 0.3) is 5.92 Å². The van der Waals surface area contributed by atoms with E-state index in [2.05, 4.69) is 16.8 Å². The first kappa shape index (κ1) is 29.0. The van der Waals surface area contributed by atoms with E-state index in [-0.39, 0.29) is 17.9 Å². The lowest BCUT2D eigenvalue weighted by molar-refractivity contribution is -0.0869. The molecule has 0 radical (unpaired) electrons. The van der Waals surface area contributed by atoms with Crippen LogP contribution in [0, 0.1) is 23.4 Å². The van der Waals surface area contributed by atoms with Gasteiger partial charge in [0, 0.05) is 54.3 Å². The maximum Gasteiger partial charge on any atom is 0.283 e. The third-order valence-corrected chi connectivity index (χ3v) is 8.42. The molecule has 0 bridgehead atoms. The molecule has 0 spiro atoms. The summed E-state index contributed by atoms with van der Waals surface area (Å²) in [5, 5.41) is 9.85. The van der Waals surface area contributed by atoms with Crippen molar-refractivity contribution in [2.24, 2.45) is 5.92 Å². The maximum absolute atomic E-state index is 16.0. The number of aromatic nitrogens is 1. The number of H-pyrrole nitrogens is 1. The van der Waals surface area contributed by atoms with Crippen LogP contribution in [0.3, 0.4) is 0 Å². The quantitative estimate of drug-likeness (QED) is 0.298. The van der Waals surface area contributed by atoms with Crippen LogP contribution in [-0.2, 0) is 11.2 Å². The van der Waals surface area contributed by atoms with E-state index in [1.54, 1.807) is 6.92 Å². The number of fused-ring (bicyclic) bond motifs is 3. The number of aliphatic hydroxyl groups excluding tert-OH is 1. The van der Waals surface area contributed by atoms with Gasteiger partial charge in [-0.15, -0.1) is 0 Å². The highest BCUT2D eigenvalue weighted by Crippen LogP contribution is 2.44. The Bertz CT molecular complexity index is 1330. The van der Waals surface area contributed by atoms with E-state index in [0.717, 1.165) is 32.5 Å². The molecule has 0 aliphatic carbocycles. The summed E-state index contributed by atoms with van der Waals surface area (Å²) in [4.78, 5) is 6.73. The van der Waals surface area contributed by atoms with Gasteiger partial charge in [0.2, 0.25) is 0 Å².